The first-order valence-corrected chi connectivity index (χ1v) is 6.71. The fourth-order valence-corrected chi connectivity index (χ4v) is 2.03. The van der Waals surface area contributed by atoms with Crippen LogP contribution in [0.5, 0.6) is 0 Å². The first kappa shape index (κ1) is 13.1. The molecule has 2 aromatic carbocycles. The highest BCUT2D eigenvalue weighted by molar-refractivity contribution is 5.68. The number of nitrogens with zero attached hydrogens (tertiary/aromatic N) is 3. The van der Waals surface area contributed by atoms with Gasteiger partial charge in [0.05, 0.1) is 0 Å². The average Bonchev–Trinajstić information content (AvgIpc) is 2.97. The Hall–Kier alpha value is -2.88. The molecule has 1 heterocycles. The summed E-state index contributed by atoms with van der Waals surface area (Å²) in [6.07, 6.45) is 5.10. The Morgan fingerprint density at radius 3 is 2.52 bits per heavy atom. The lowest BCUT2D eigenvalue weighted by molar-refractivity contribution is -0.596. The maximum atomic E-state index is 10.1. The number of rotatable bonds is 3. The van der Waals surface area contributed by atoms with E-state index in [2.05, 4.69) is 24.2 Å². The second-order valence-corrected chi connectivity index (χ2v) is 4.85. The van der Waals surface area contributed by atoms with Crippen LogP contribution in [0.2, 0.25) is 0 Å². The Balaban J connectivity index is 1.87. The van der Waals surface area contributed by atoms with Crippen molar-refractivity contribution in [1.29, 1.82) is 0 Å². The lowest BCUT2D eigenvalue weighted by atomic mass is 10.2. The molecule has 1 aromatic heterocycles. The van der Waals surface area contributed by atoms with Crippen molar-refractivity contribution >= 4 is 12.0 Å². The third-order valence-electron chi connectivity index (χ3n) is 3.21. The summed E-state index contributed by atoms with van der Waals surface area (Å²) in [6, 6.07) is 17.5. The number of aliphatic hydroxyl groups excluding tert-OH is 1. The Morgan fingerprint density at radius 2 is 1.81 bits per heavy atom. The van der Waals surface area contributed by atoms with Crippen molar-refractivity contribution in [3.8, 4) is 5.69 Å². The van der Waals surface area contributed by atoms with Crippen molar-refractivity contribution in [2.75, 3.05) is 0 Å². The zero-order valence-corrected chi connectivity index (χ0v) is 11.7. The summed E-state index contributed by atoms with van der Waals surface area (Å²) in [4.78, 5) is 0. The van der Waals surface area contributed by atoms with Crippen molar-refractivity contribution in [1.82, 2.24) is 9.78 Å². The van der Waals surface area contributed by atoms with Crippen LogP contribution >= 0.6 is 0 Å². The molecule has 0 fully saturated rings. The van der Waals surface area contributed by atoms with Crippen LogP contribution in [0.25, 0.3) is 17.6 Å². The second-order valence-electron chi connectivity index (χ2n) is 4.85. The van der Waals surface area contributed by atoms with Crippen molar-refractivity contribution in [3.05, 3.63) is 78.4 Å². The van der Waals surface area contributed by atoms with Gasteiger partial charge in [0.2, 0.25) is 6.33 Å². The third kappa shape index (κ3) is 3.00. The molecule has 3 aromatic rings. The van der Waals surface area contributed by atoms with Crippen molar-refractivity contribution in [2.24, 2.45) is 0 Å². The average molecular weight is 278 g/mol. The summed E-state index contributed by atoms with van der Waals surface area (Å²) in [5.74, 6) is 0.176. The van der Waals surface area contributed by atoms with Gasteiger partial charge < -0.3 is 5.11 Å². The molecule has 4 nitrogen and oxygen atoms in total. The highest BCUT2D eigenvalue weighted by Crippen LogP contribution is 2.11. The van der Waals surface area contributed by atoms with Gasteiger partial charge in [0.15, 0.2) is 5.76 Å². The molecule has 0 aliphatic heterocycles. The molecule has 0 spiro atoms. The highest BCUT2D eigenvalue weighted by Gasteiger charge is 2.08. The van der Waals surface area contributed by atoms with E-state index in [1.54, 1.807) is 17.2 Å². The minimum Gasteiger partial charge on any atom is -0.504 e. The Morgan fingerprint density at radius 1 is 1.10 bits per heavy atom. The van der Waals surface area contributed by atoms with Crippen LogP contribution < -0.4 is 4.57 Å². The van der Waals surface area contributed by atoms with Crippen molar-refractivity contribution in [2.45, 2.75) is 6.92 Å². The molecule has 0 bridgehead atoms. The summed E-state index contributed by atoms with van der Waals surface area (Å²) in [5.41, 5.74) is 3.00. The van der Waals surface area contributed by atoms with Crippen LogP contribution in [0.3, 0.4) is 0 Å². The second kappa shape index (κ2) is 5.63. The van der Waals surface area contributed by atoms with Crippen LogP contribution in [-0.4, -0.2) is 14.9 Å². The van der Waals surface area contributed by atoms with Gasteiger partial charge >= 0.3 is 0 Å². The van der Waals surface area contributed by atoms with E-state index in [9.17, 15) is 5.11 Å². The van der Waals surface area contributed by atoms with E-state index in [-0.39, 0.29) is 5.76 Å². The standard InChI is InChI=1S/C17H15N3O/c1-14-7-9-16(10-8-14)19-12-18-20(13-19)11-17(21)15-5-3-2-4-6-15/h2-13H,1H3/p+1/b17-11-. The fourth-order valence-electron chi connectivity index (χ4n) is 2.03. The van der Waals surface area contributed by atoms with E-state index in [1.165, 1.54) is 5.56 Å². The van der Waals surface area contributed by atoms with Crippen LogP contribution in [0.4, 0.5) is 0 Å². The quantitative estimate of drug-likeness (QED) is 0.591. The molecule has 21 heavy (non-hydrogen) atoms. The Bertz CT molecular complexity index is 758. The van der Waals surface area contributed by atoms with Crippen LogP contribution in [0.1, 0.15) is 11.1 Å². The van der Waals surface area contributed by atoms with Crippen molar-refractivity contribution < 1.29 is 9.67 Å². The SMILES string of the molecule is Cc1ccc(-[n+]2cnn(/C=C(\O)c3ccccc3)c2)cc1. The lowest BCUT2D eigenvalue weighted by Crippen LogP contribution is -2.27. The number of aromatic nitrogens is 3. The maximum absolute atomic E-state index is 10.1. The fraction of sp³-hybridized carbons (Fsp3) is 0.0588. The number of hydrogen-bond donors (Lipinski definition) is 1. The Labute approximate surface area is 123 Å². The Kier molecular flexibility index (Phi) is 3.51. The van der Waals surface area contributed by atoms with Gasteiger partial charge in [0.1, 0.15) is 11.9 Å². The summed E-state index contributed by atoms with van der Waals surface area (Å²) in [6.45, 7) is 2.05. The van der Waals surface area contributed by atoms with Gasteiger partial charge in [0.25, 0.3) is 6.33 Å². The van der Waals surface area contributed by atoms with Gasteiger partial charge in [-0.3, -0.25) is 0 Å². The minimum absolute atomic E-state index is 0.176. The molecule has 0 atom stereocenters. The molecule has 1 N–H and O–H groups in total. The smallest absolute Gasteiger partial charge is 0.270 e. The summed E-state index contributed by atoms with van der Waals surface area (Å²) in [5, 5.41) is 14.3. The molecule has 0 saturated carbocycles. The van der Waals surface area contributed by atoms with Gasteiger partial charge in [-0.25, -0.2) is 4.57 Å². The number of hydrogen-bond acceptors (Lipinski definition) is 2. The van der Waals surface area contributed by atoms with Crippen LogP contribution in [-0.2, 0) is 0 Å². The van der Waals surface area contributed by atoms with Crippen molar-refractivity contribution in [3.63, 3.8) is 0 Å². The molecule has 0 saturated heterocycles. The monoisotopic (exact) mass is 278 g/mol. The first-order chi connectivity index (χ1) is 10.2. The number of benzene rings is 2. The van der Waals surface area contributed by atoms with Crippen LogP contribution in [0, 0.1) is 6.92 Å². The van der Waals surface area contributed by atoms with E-state index in [1.807, 2.05) is 53.4 Å². The third-order valence-corrected chi connectivity index (χ3v) is 3.21. The molecule has 4 heteroatoms. The van der Waals surface area contributed by atoms with Gasteiger partial charge in [0, 0.05) is 10.7 Å². The maximum Gasteiger partial charge on any atom is 0.270 e. The molecule has 104 valence electrons. The van der Waals surface area contributed by atoms with E-state index < -0.39 is 0 Å². The lowest BCUT2D eigenvalue weighted by Gasteiger charge is -1.97. The topological polar surface area (TPSA) is 41.9 Å². The van der Waals surface area contributed by atoms with Gasteiger partial charge in [-0.1, -0.05) is 52.7 Å². The number of aryl methyl sites for hydroxylation is 1. The highest BCUT2D eigenvalue weighted by atomic mass is 16.3. The predicted molar refractivity (Wildman–Crippen MR) is 81.7 cm³/mol. The van der Waals surface area contributed by atoms with Gasteiger partial charge in [-0.2, -0.15) is 0 Å². The van der Waals surface area contributed by atoms with E-state index in [4.69, 9.17) is 0 Å². The molecule has 0 amide bonds. The minimum atomic E-state index is 0.176. The number of aliphatic hydroxyl groups is 1. The molecular formula is C17H16N3O+. The van der Waals surface area contributed by atoms with Crippen LogP contribution in [0.15, 0.2) is 67.3 Å². The molecule has 0 aliphatic carbocycles. The van der Waals surface area contributed by atoms with E-state index >= 15 is 0 Å². The zero-order valence-electron chi connectivity index (χ0n) is 11.7. The van der Waals surface area contributed by atoms with Gasteiger partial charge in [-0.05, 0) is 19.1 Å². The summed E-state index contributed by atoms with van der Waals surface area (Å²) < 4.78 is 3.48. The van der Waals surface area contributed by atoms with E-state index in [0.29, 0.717) is 0 Å². The summed E-state index contributed by atoms with van der Waals surface area (Å²) in [7, 11) is 0. The normalized spacial score (nSPS) is 11.6. The largest absolute Gasteiger partial charge is 0.504 e. The molecule has 3 rings (SSSR count). The van der Waals surface area contributed by atoms with Gasteiger partial charge in [-0.15, -0.1) is 0 Å². The summed E-state index contributed by atoms with van der Waals surface area (Å²) >= 11 is 0. The van der Waals surface area contributed by atoms with E-state index in [0.717, 1.165) is 11.3 Å². The molecule has 0 unspecified atom stereocenters. The molecule has 0 aliphatic rings. The first-order valence-electron chi connectivity index (χ1n) is 6.71. The predicted octanol–water partition coefficient (Wildman–Crippen LogP) is 2.98. The molecular weight excluding hydrogens is 262 g/mol. The zero-order chi connectivity index (χ0) is 14.7. The molecule has 0 radical (unpaired) electrons.